The number of guanidine groups is 1. The summed E-state index contributed by atoms with van der Waals surface area (Å²) in [5.41, 5.74) is 17.2. The van der Waals surface area contributed by atoms with Gasteiger partial charge in [0.25, 0.3) is 5.34 Å². The Morgan fingerprint density at radius 2 is 1.37 bits per heavy atom. The first-order valence-corrected chi connectivity index (χ1v) is 13.2. The molecule has 1 amide bonds. The molecule has 202 valence electrons. The largest absolute Gasteiger partial charge is 0.479 e. The summed E-state index contributed by atoms with van der Waals surface area (Å²) in [6.07, 6.45) is -1.33. The molecule has 3 aromatic rings. The molecule has 0 bridgehead atoms. The summed E-state index contributed by atoms with van der Waals surface area (Å²) in [6, 6.07) is 23.0. The van der Waals surface area contributed by atoms with E-state index in [4.69, 9.17) is 40.5 Å². The molecule has 0 aliphatic carbocycles. The van der Waals surface area contributed by atoms with Crippen molar-refractivity contribution in [2.45, 2.75) is 11.8 Å². The van der Waals surface area contributed by atoms with Gasteiger partial charge in [0.05, 0.1) is 25.5 Å². The van der Waals surface area contributed by atoms with Gasteiger partial charge in [-0.1, -0.05) is 48.5 Å². The molecule has 1 unspecified atom stereocenters. The van der Waals surface area contributed by atoms with Gasteiger partial charge in [0.15, 0.2) is 5.96 Å². The third kappa shape index (κ3) is 7.48. The van der Waals surface area contributed by atoms with Gasteiger partial charge < -0.3 is 40.5 Å². The van der Waals surface area contributed by atoms with E-state index in [0.717, 1.165) is 0 Å². The number of methoxy groups -OCH3 is 1. The van der Waals surface area contributed by atoms with E-state index in [1.165, 1.54) is 7.11 Å². The summed E-state index contributed by atoms with van der Waals surface area (Å²) in [6.45, 7) is 0.568. The van der Waals surface area contributed by atoms with Crippen LogP contribution in [-0.2, 0) is 24.1 Å². The lowest BCUT2D eigenvalue weighted by molar-refractivity contribution is 0.0120. The van der Waals surface area contributed by atoms with Gasteiger partial charge in [-0.25, -0.2) is 14.4 Å². The van der Waals surface area contributed by atoms with E-state index in [1.807, 2.05) is 0 Å². The monoisotopic (exact) mass is 542 g/mol. The Morgan fingerprint density at radius 3 is 1.84 bits per heavy atom. The van der Waals surface area contributed by atoms with Gasteiger partial charge in [-0.2, -0.15) is 0 Å². The normalized spacial score (nSPS) is 12.7. The van der Waals surface area contributed by atoms with Crippen LogP contribution in [0.1, 0.15) is 12.0 Å². The van der Waals surface area contributed by atoms with Crippen LogP contribution in [0, 0.1) is 0 Å². The molecule has 6 N–H and O–H groups in total. The van der Waals surface area contributed by atoms with Crippen molar-refractivity contribution in [1.82, 2.24) is 0 Å². The standard InChI is InChI=1S/C26H31N4O7P/c1-33-18-19-34-17-16-26(35-25(29)31,20-12-14-21(15-13-20)30-24(27)28)38(32,36-22-8-4-2-5-9-22)37-23-10-6-3-7-11-23/h2-15H,16-19H2,1H3,(H2,29,31)(H4,27,28,30). The van der Waals surface area contributed by atoms with Crippen molar-refractivity contribution in [3.8, 4) is 11.5 Å². The van der Waals surface area contributed by atoms with E-state index in [0.29, 0.717) is 12.3 Å². The van der Waals surface area contributed by atoms with Gasteiger partial charge >= 0.3 is 13.7 Å². The highest BCUT2D eigenvalue weighted by Crippen LogP contribution is 2.66. The van der Waals surface area contributed by atoms with E-state index in [-0.39, 0.29) is 42.7 Å². The zero-order valence-corrected chi connectivity index (χ0v) is 21.8. The number of hydrogen-bond acceptors (Lipinski definition) is 8. The molecular weight excluding hydrogens is 511 g/mol. The highest BCUT2D eigenvalue weighted by molar-refractivity contribution is 7.55. The first-order valence-electron chi connectivity index (χ1n) is 11.6. The number of nitrogens with zero attached hydrogens (tertiary/aromatic N) is 1. The molecule has 0 radical (unpaired) electrons. The van der Waals surface area contributed by atoms with Crippen LogP contribution >= 0.6 is 7.60 Å². The number of rotatable bonds is 14. The predicted molar refractivity (Wildman–Crippen MR) is 143 cm³/mol. The predicted octanol–water partition coefficient (Wildman–Crippen LogP) is 4.24. The van der Waals surface area contributed by atoms with Gasteiger partial charge in [-0.05, 0) is 36.4 Å². The molecule has 0 saturated heterocycles. The zero-order chi connectivity index (χ0) is 27.4. The number of carbonyl (C=O) groups excluding carboxylic acids is 1. The molecule has 0 aliphatic heterocycles. The first-order chi connectivity index (χ1) is 18.3. The van der Waals surface area contributed by atoms with Gasteiger partial charge in [-0.15, -0.1) is 0 Å². The van der Waals surface area contributed by atoms with Crippen LogP contribution in [0.15, 0.2) is 89.9 Å². The SMILES string of the molecule is COCCOCCC(OC(N)=O)(c1ccc(N=C(N)N)cc1)P(=O)(Oc1ccccc1)Oc1ccccc1. The van der Waals surface area contributed by atoms with Crippen molar-refractivity contribution in [3.05, 3.63) is 90.5 Å². The quantitative estimate of drug-likeness (QED) is 0.117. The maximum Gasteiger partial charge on any atom is 0.479 e. The Labute approximate surface area is 221 Å². The Morgan fingerprint density at radius 1 is 0.816 bits per heavy atom. The molecule has 0 heterocycles. The van der Waals surface area contributed by atoms with Crippen molar-refractivity contribution in [2.75, 3.05) is 26.9 Å². The Hall–Kier alpha value is -4.05. The summed E-state index contributed by atoms with van der Waals surface area (Å²) in [5.74, 6) is 0.303. The van der Waals surface area contributed by atoms with E-state index in [9.17, 15) is 9.36 Å². The number of amides is 1. The molecule has 0 spiro atoms. The molecule has 0 saturated carbocycles. The molecule has 0 aromatic heterocycles. The van der Waals surface area contributed by atoms with E-state index >= 15 is 0 Å². The molecule has 1 atom stereocenters. The van der Waals surface area contributed by atoms with Gasteiger partial charge in [-0.3, -0.25) is 0 Å². The minimum absolute atomic E-state index is 0.00736. The van der Waals surface area contributed by atoms with Crippen LogP contribution in [0.2, 0.25) is 0 Å². The number of aliphatic imine (C=N–C) groups is 1. The van der Waals surface area contributed by atoms with Gasteiger partial charge in [0.2, 0.25) is 0 Å². The van der Waals surface area contributed by atoms with Crippen LogP contribution in [0.3, 0.4) is 0 Å². The molecule has 0 aliphatic rings. The molecular formula is C26H31N4O7P. The maximum atomic E-state index is 15.0. The first kappa shape index (κ1) is 28.5. The zero-order valence-electron chi connectivity index (χ0n) is 20.9. The lowest BCUT2D eigenvalue weighted by Gasteiger charge is -2.38. The molecule has 11 nitrogen and oxygen atoms in total. The fraction of sp³-hybridized carbons (Fsp3) is 0.231. The highest BCUT2D eigenvalue weighted by Gasteiger charge is 2.59. The Bertz CT molecular complexity index is 1190. The maximum absolute atomic E-state index is 15.0. The lowest BCUT2D eigenvalue weighted by Crippen LogP contribution is -2.39. The number of benzene rings is 3. The molecule has 3 aromatic carbocycles. The third-order valence-electron chi connectivity index (χ3n) is 5.24. The summed E-state index contributed by atoms with van der Waals surface area (Å²) < 4.78 is 43.4. The number of primary amides is 1. The number of para-hydroxylation sites is 2. The summed E-state index contributed by atoms with van der Waals surface area (Å²) in [5, 5.41) is -2.03. The van der Waals surface area contributed by atoms with Gasteiger partial charge in [0, 0.05) is 19.1 Å². The van der Waals surface area contributed by atoms with Crippen LogP contribution in [0.4, 0.5) is 10.5 Å². The number of nitrogens with two attached hydrogens (primary N) is 3. The van der Waals surface area contributed by atoms with Crippen molar-refractivity contribution >= 4 is 25.3 Å². The highest BCUT2D eigenvalue weighted by atomic mass is 31.2. The minimum atomic E-state index is -4.50. The van der Waals surface area contributed by atoms with Crippen molar-refractivity contribution in [1.29, 1.82) is 0 Å². The number of carbonyl (C=O) groups is 1. The van der Waals surface area contributed by atoms with Crippen LogP contribution in [0.25, 0.3) is 0 Å². The Kier molecular flexibility index (Phi) is 10.1. The summed E-state index contributed by atoms with van der Waals surface area (Å²) in [4.78, 5) is 16.3. The van der Waals surface area contributed by atoms with E-state index < -0.39 is 19.0 Å². The number of ether oxygens (including phenoxy) is 3. The fourth-order valence-corrected chi connectivity index (χ4v) is 5.74. The second-order valence-electron chi connectivity index (χ2n) is 7.95. The average molecular weight is 543 g/mol. The topological polar surface area (TPSA) is 171 Å². The number of hydrogen-bond donors (Lipinski definition) is 3. The van der Waals surface area contributed by atoms with Crippen molar-refractivity contribution in [3.63, 3.8) is 0 Å². The smallest absolute Gasteiger partial charge is 0.422 e. The third-order valence-corrected chi connectivity index (χ3v) is 7.60. The second-order valence-corrected chi connectivity index (χ2v) is 10.0. The van der Waals surface area contributed by atoms with Crippen molar-refractivity contribution in [2.24, 2.45) is 22.2 Å². The molecule has 3 rings (SSSR count). The van der Waals surface area contributed by atoms with Crippen LogP contribution in [-0.4, -0.2) is 39.0 Å². The average Bonchev–Trinajstić information content (AvgIpc) is 2.89. The van der Waals surface area contributed by atoms with E-state index in [1.54, 1.807) is 84.9 Å². The summed E-state index contributed by atoms with van der Waals surface area (Å²) >= 11 is 0. The lowest BCUT2D eigenvalue weighted by atomic mass is 10.1. The van der Waals surface area contributed by atoms with Crippen LogP contribution in [0.5, 0.6) is 11.5 Å². The fourth-order valence-electron chi connectivity index (χ4n) is 3.58. The molecule has 12 heteroatoms. The minimum Gasteiger partial charge on any atom is -0.422 e. The van der Waals surface area contributed by atoms with Gasteiger partial charge in [0.1, 0.15) is 11.5 Å². The van der Waals surface area contributed by atoms with E-state index in [2.05, 4.69) is 4.99 Å². The van der Waals surface area contributed by atoms with Crippen molar-refractivity contribution < 1.29 is 32.6 Å². The molecule has 0 fully saturated rings. The second kappa shape index (κ2) is 13.5. The molecule has 38 heavy (non-hydrogen) atoms. The van der Waals surface area contributed by atoms with Crippen LogP contribution < -0.4 is 26.2 Å². The summed E-state index contributed by atoms with van der Waals surface area (Å²) in [7, 11) is -2.96. The Balaban J connectivity index is 2.19.